The molecule has 2 saturated heterocycles. The lowest BCUT2D eigenvalue weighted by atomic mass is 10.1. The first-order valence-corrected chi connectivity index (χ1v) is 13.1. The summed E-state index contributed by atoms with van der Waals surface area (Å²) in [7, 11) is 3.90. The molecule has 9 heteroatoms. The molecule has 1 unspecified atom stereocenters. The summed E-state index contributed by atoms with van der Waals surface area (Å²) >= 11 is 3.27. The predicted octanol–water partition coefficient (Wildman–Crippen LogP) is 3.02. The lowest BCUT2D eigenvalue weighted by Gasteiger charge is -2.34. The van der Waals surface area contributed by atoms with Crippen molar-refractivity contribution in [3.63, 3.8) is 0 Å². The van der Waals surface area contributed by atoms with E-state index in [1.54, 1.807) is 7.05 Å². The van der Waals surface area contributed by atoms with Gasteiger partial charge >= 0.3 is 0 Å². The number of allylic oxidation sites excluding steroid dienone is 2. The van der Waals surface area contributed by atoms with Crippen molar-refractivity contribution in [2.45, 2.75) is 36.8 Å². The van der Waals surface area contributed by atoms with Crippen LogP contribution in [0.4, 0.5) is 0 Å². The summed E-state index contributed by atoms with van der Waals surface area (Å²) in [5.41, 5.74) is 2.28. The first-order chi connectivity index (χ1) is 15.5. The zero-order valence-corrected chi connectivity index (χ0v) is 21.1. The van der Waals surface area contributed by atoms with Crippen LogP contribution in [0.2, 0.25) is 0 Å². The summed E-state index contributed by atoms with van der Waals surface area (Å²) in [6.07, 6.45) is 7.69. The Kier molecular flexibility index (Phi) is 9.72. The number of amidine groups is 2. The third-order valence-corrected chi connectivity index (χ3v) is 8.17. The molecule has 0 radical (unpaired) electrons. The topological polar surface area (TPSA) is 79.1 Å². The van der Waals surface area contributed by atoms with Crippen LogP contribution in [0.15, 0.2) is 44.9 Å². The molecule has 32 heavy (non-hydrogen) atoms. The second-order valence-electron chi connectivity index (χ2n) is 8.18. The molecule has 3 aliphatic rings. The largest absolute Gasteiger partial charge is 0.354 e. The smallest absolute Gasteiger partial charge is 0.166 e. The quantitative estimate of drug-likeness (QED) is 0.361. The van der Waals surface area contributed by atoms with Crippen LogP contribution in [-0.2, 0) is 0 Å². The van der Waals surface area contributed by atoms with Gasteiger partial charge < -0.3 is 20.4 Å². The summed E-state index contributed by atoms with van der Waals surface area (Å²) in [5, 5.41) is 17.4. The minimum atomic E-state index is 0.122. The van der Waals surface area contributed by atoms with Gasteiger partial charge in [-0.25, -0.2) is 4.99 Å². The fourth-order valence-electron chi connectivity index (χ4n) is 3.87. The highest BCUT2D eigenvalue weighted by Crippen LogP contribution is 2.33. The number of aliphatic imine (C=N–C) groups is 2. The van der Waals surface area contributed by atoms with Gasteiger partial charge in [-0.3, -0.25) is 4.99 Å². The van der Waals surface area contributed by atoms with Crippen LogP contribution in [0.5, 0.6) is 0 Å². The van der Waals surface area contributed by atoms with Crippen molar-refractivity contribution in [1.82, 2.24) is 20.4 Å². The number of piperidine rings is 1. The van der Waals surface area contributed by atoms with E-state index < -0.39 is 0 Å². The van der Waals surface area contributed by atoms with Crippen LogP contribution in [0.25, 0.3) is 0 Å². The zero-order valence-electron chi connectivity index (χ0n) is 19.4. The summed E-state index contributed by atoms with van der Waals surface area (Å²) in [6.45, 7) is 12.2. The number of thioether (sulfide) groups is 2. The summed E-state index contributed by atoms with van der Waals surface area (Å²) in [4.78, 5) is 14.8. The number of nitrogens with zero attached hydrogens (tertiary/aromatic N) is 5. The molecule has 3 aliphatic heterocycles. The van der Waals surface area contributed by atoms with Gasteiger partial charge in [0, 0.05) is 50.2 Å². The molecule has 0 aromatic heterocycles. The maximum absolute atomic E-state index is 9.12. The van der Waals surface area contributed by atoms with E-state index in [4.69, 9.17) is 10.3 Å². The van der Waals surface area contributed by atoms with Crippen LogP contribution in [0.1, 0.15) is 26.2 Å². The monoisotopic (exact) mass is 473 g/mol. The van der Waals surface area contributed by atoms with Gasteiger partial charge in [-0.15, -0.1) is 11.8 Å². The van der Waals surface area contributed by atoms with Gasteiger partial charge in [0.1, 0.15) is 17.3 Å². The molecule has 0 amide bonds. The molecule has 0 aromatic rings. The lowest BCUT2D eigenvalue weighted by Crippen LogP contribution is -2.47. The maximum atomic E-state index is 9.12. The Labute approximate surface area is 201 Å². The SMILES string of the molecule is C=C(C#N)SC(=NC)NC1=CC(N2CCN(C)CC2)=NC(SC2CCNCC2)C(CC)=C1. The van der Waals surface area contributed by atoms with Gasteiger partial charge in [-0.05, 0) is 62.8 Å². The molecule has 2 fully saturated rings. The molecule has 0 aromatic carbocycles. The lowest BCUT2D eigenvalue weighted by molar-refractivity contribution is 0.216. The van der Waals surface area contributed by atoms with Crippen molar-refractivity contribution in [2.24, 2.45) is 9.98 Å². The number of hydrogen-bond acceptors (Lipinski definition) is 8. The zero-order chi connectivity index (χ0) is 22.9. The minimum absolute atomic E-state index is 0.122. The van der Waals surface area contributed by atoms with Crippen molar-refractivity contribution in [2.75, 3.05) is 53.4 Å². The van der Waals surface area contributed by atoms with E-state index in [9.17, 15) is 0 Å². The van der Waals surface area contributed by atoms with E-state index >= 15 is 0 Å². The van der Waals surface area contributed by atoms with E-state index in [0.717, 1.165) is 57.2 Å². The first-order valence-electron chi connectivity index (χ1n) is 11.3. The van der Waals surface area contributed by atoms with Crippen molar-refractivity contribution in [3.05, 3.63) is 34.9 Å². The highest BCUT2D eigenvalue weighted by molar-refractivity contribution is 8.17. The van der Waals surface area contributed by atoms with E-state index in [1.807, 2.05) is 11.8 Å². The Balaban J connectivity index is 1.87. The van der Waals surface area contributed by atoms with Crippen LogP contribution >= 0.6 is 23.5 Å². The maximum Gasteiger partial charge on any atom is 0.166 e. The van der Waals surface area contributed by atoms with E-state index in [2.05, 4.69) is 64.2 Å². The summed E-state index contributed by atoms with van der Waals surface area (Å²) in [5.74, 6) is 1.03. The average molecular weight is 474 g/mol. The molecule has 0 bridgehead atoms. The number of nitrogens with one attached hydrogen (secondary N) is 2. The van der Waals surface area contributed by atoms with Crippen LogP contribution in [0.3, 0.4) is 0 Å². The Hall–Kier alpha value is -1.73. The normalized spacial score (nSPS) is 23.6. The van der Waals surface area contributed by atoms with Crippen LogP contribution in [-0.4, -0.2) is 84.8 Å². The number of nitriles is 1. The van der Waals surface area contributed by atoms with Gasteiger partial charge in [0.25, 0.3) is 0 Å². The third-order valence-electron chi connectivity index (χ3n) is 5.83. The van der Waals surface area contributed by atoms with E-state index in [1.165, 1.54) is 30.2 Å². The van der Waals surface area contributed by atoms with Gasteiger partial charge in [-0.2, -0.15) is 5.26 Å². The van der Waals surface area contributed by atoms with Gasteiger partial charge in [0.15, 0.2) is 5.17 Å². The van der Waals surface area contributed by atoms with Gasteiger partial charge in [-0.1, -0.05) is 13.5 Å². The van der Waals surface area contributed by atoms with Crippen LogP contribution < -0.4 is 10.6 Å². The van der Waals surface area contributed by atoms with Crippen molar-refractivity contribution < 1.29 is 0 Å². The third kappa shape index (κ3) is 7.14. The Morgan fingerprint density at radius 3 is 2.66 bits per heavy atom. The number of likely N-dealkylation sites (N-methyl/N-ethyl adjacent to an activating group) is 1. The molecule has 174 valence electrons. The number of piperazine rings is 1. The van der Waals surface area contributed by atoms with Gasteiger partial charge in [0.2, 0.25) is 0 Å². The standard InChI is InChI=1S/C23H35N7S2/c1-5-18-14-19(27-23(25-3)31-17(2)16-24)15-21(30-12-10-29(4)11-13-30)28-22(18)32-20-6-8-26-9-7-20/h14-15,20,22,26H,2,5-13H2,1,3-4H3,(H,25,27). The molecule has 3 rings (SSSR count). The fraction of sp³-hybridized carbons (Fsp3) is 0.609. The predicted molar refractivity (Wildman–Crippen MR) is 139 cm³/mol. The Morgan fingerprint density at radius 1 is 1.31 bits per heavy atom. The molecule has 0 saturated carbocycles. The second-order valence-corrected chi connectivity index (χ2v) is 10.6. The molecule has 1 atom stereocenters. The van der Waals surface area contributed by atoms with Crippen molar-refractivity contribution in [3.8, 4) is 6.07 Å². The average Bonchev–Trinajstić information content (AvgIpc) is 2.98. The number of rotatable bonds is 5. The highest BCUT2D eigenvalue weighted by atomic mass is 32.2. The van der Waals surface area contributed by atoms with E-state index in [-0.39, 0.29) is 5.37 Å². The fourth-order valence-corrected chi connectivity index (χ4v) is 5.86. The second kappa shape index (κ2) is 12.5. The van der Waals surface area contributed by atoms with Crippen molar-refractivity contribution >= 4 is 34.5 Å². The minimum Gasteiger partial charge on any atom is -0.354 e. The first kappa shape index (κ1) is 24.9. The molecule has 0 aliphatic carbocycles. The molecular weight excluding hydrogens is 438 g/mol. The Morgan fingerprint density at radius 2 is 2.03 bits per heavy atom. The Bertz CT molecular complexity index is 826. The van der Waals surface area contributed by atoms with Crippen molar-refractivity contribution in [1.29, 1.82) is 5.26 Å². The van der Waals surface area contributed by atoms with Crippen LogP contribution in [0, 0.1) is 11.3 Å². The summed E-state index contributed by atoms with van der Waals surface area (Å²) < 4.78 is 0. The molecule has 2 N–H and O–H groups in total. The van der Waals surface area contributed by atoms with Gasteiger partial charge in [0.05, 0.1) is 4.91 Å². The molecule has 3 heterocycles. The molecule has 7 nitrogen and oxygen atoms in total. The number of hydrogen-bond donors (Lipinski definition) is 2. The van der Waals surface area contributed by atoms with E-state index in [0.29, 0.717) is 15.3 Å². The molecular formula is C23H35N7S2. The highest BCUT2D eigenvalue weighted by Gasteiger charge is 2.26. The molecule has 0 spiro atoms. The summed E-state index contributed by atoms with van der Waals surface area (Å²) in [6, 6.07) is 2.08.